The first-order chi connectivity index (χ1) is 7.58. The zero-order chi connectivity index (χ0) is 11.7. The normalized spacial score (nSPS) is 19.1. The van der Waals surface area contributed by atoms with Crippen molar-refractivity contribution in [1.82, 2.24) is 5.32 Å². The molecule has 1 atom stereocenters. The highest BCUT2D eigenvalue weighted by molar-refractivity contribution is 9.10. The molecule has 1 unspecified atom stereocenters. The van der Waals surface area contributed by atoms with Gasteiger partial charge in [0, 0.05) is 6.07 Å². The zero-order valence-electron chi connectivity index (χ0n) is 7.97. The van der Waals surface area contributed by atoms with Gasteiger partial charge in [0.1, 0.15) is 6.61 Å². The third-order valence-electron chi connectivity index (χ3n) is 2.24. The van der Waals surface area contributed by atoms with Crippen LogP contribution in [-0.2, 0) is 4.74 Å². The van der Waals surface area contributed by atoms with Gasteiger partial charge < -0.3 is 10.1 Å². The molecular formula is C9H7BrN2O4. The third kappa shape index (κ3) is 1.99. The van der Waals surface area contributed by atoms with Crippen LogP contribution in [0.5, 0.6) is 0 Å². The van der Waals surface area contributed by atoms with Crippen LogP contribution in [0.4, 0.5) is 10.5 Å². The highest BCUT2D eigenvalue weighted by Crippen LogP contribution is 2.29. The van der Waals surface area contributed by atoms with Crippen molar-refractivity contribution < 1.29 is 14.5 Å². The molecule has 84 valence electrons. The van der Waals surface area contributed by atoms with Crippen molar-refractivity contribution in [2.24, 2.45) is 0 Å². The minimum absolute atomic E-state index is 0.0290. The minimum Gasteiger partial charge on any atom is -0.447 e. The van der Waals surface area contributed by atoms with Gasteiger partial charge in [0.15, 0.2) is 0 Å². The maximum Gasteiger partial charge on any atom is 0.407 e. The largest absolute Gasteiger partial charge is 0.447 e. The van der Waals surface area contributed by atoms with Gasteiger partial charge >= 0.3 is 6.09 Å². The molecule has 0 radical (unpaired) electrons. The second-order valence-corrected chi connectivity index (χ2v) is 4.12. The van der Waals surface area contributed by atoms with Gasteiger partial charge in [0.05, 0.1) is 15.4 Å². The molecule has 1 aliphatic heterocycles. The Morgan fingerprint density at radius 2 is 2.31 bits per heavy atom. The van der Waals surface area contributed by atoms with E-state index in [1.54, 1.807) is 12.1 Å². The fourth-order valence-corrected chi connectivity index (χ4v) is 1.84. The first-order valence-corrected chi connectivity index (χ1v) is 5.24. The summed E-state index contributed by atoms with van der Waals surface area (Å²) in [6.07, 6.45) is -0.504. The number of benzene rings is 1. The number of alkyl carbamates (subject to hydrolysis) is 1. The molecule has 0 saturated carbocycles. The van der Waals surface area contributed by atoms with Crippen molar-refractivity contribution >= 4 is 27.7 Å². The summed E-state index contributed by atoms with van der Waals surface area (Å²) in [7, 11) is 0. The number of carbonyl (C=O) groups is 1. The predicted molar refractivity (Wildman–Crippen MR) is 58.0 cm³/mol. The second kappa shape index (κ2) is 4.09. The summed E-state index contributed by atoms with van der Waals surface area (Å²) in [6, 6.07) is 4.39. The molecule has 6 nitrogen and oxygen atoms in total. The molecular weight excluding hydrogens is 280 g/mol. The fraction of sp³-hybridized carbons (Fsp3) is 0.222. The minimum atomic E-state index is -0.504. The molecule has 0 aliphatic carbocycles. The SMILES string of the molecule is O=C1NC(c2ccc(Br)c([N+](=O)[O-])c2)CO1. The number of nitro benzene ring substituents is 1. The highest BCUT2D eigenvalue weighted by atomic mass is 79.9. The molecule has 1 aromatic carbocycles. The van der Waals surface area contributed by atoms with E-state index in [2.05, 4.69) is 21.2 Å². The van der Waals surface area contributed by atoms with E-state index in [9.17, 15) is 14.9 Å². The first kappa shape index (κ1) is 10.9. The van der Waals surface area contributed by atoms with Gasteiger partial charge in [0.2, 0.25) is 0 Å². The molecule has 16 heavy (non-hydrogen) atoms. The Morgan fingerprint density at radius 3 is 2.88 bits per heavy atom. The highest BCUT2D eigenvalue weighted by Gasteiger charge is 2.25. The molecule has 1 N–H and O–H groups in total. The number of hydrogen-bond acceptors (Lipinski definition) is 4. The average molecular weight is 287 g/mol. The number of nitrogens with zero attached hydrogens (tertiary/aromatic N) is 1. The molecule has 0 bridgehead atoms. The summed E-state index contributed by atoms with van der Waals surface area (Å²) in [5.74, 6) is 0. The fourth-order valence-electron chi connectivity index (χ4n) is 1.45. The van der Waals surface area contributed by atoms with E-state index in [4.69, 9.17) is 4.74 Å². The second-order valence-electron chi connectivity index (χ2n) is 3.26. The molecule has 0 aromatic heterocycles. The number of hydrogen-bond donors (Lipinski definition) is 1. The summed E-state index contributed by atoms with van der Waals surface area (Å²) >= 11 is 3.09. The van der Waals surface area contributed by atoms with Crippen LogP contribution in [0.2, 0.25) is 0 Å². The molecule has 1 heterocycles. The van der Waals surface area contributed by atoms with E-state index >= 15 is 0 Å². The van der Waals surface area contributed by atoms with Gasteiger partial charge in [-0.25, -0.2) is 4.79 Å². The van der Waals surface area contributed by atoms with Gasteiger partial charge in [-0.2, -0.15) is 0 Å². The van der Waals surface area contributed by atoms with Crippen LogP contribution in [0, 0.1) is 10.1 Å². The lowest BCUT2D eigenvalue weighted by Crippen LogP contribution is -2.18. The van der Waals surface area contributed by atoms with Crippen molar-refractivity contribution in [3.05, 3.63) is 38.3 Å². The first-order valence-electron chi connectivity index (χ1n) is 4.45. The monoisotopic (exact) mass is 286 g/mol. The quantitative estimate of drug-likeness (QED) is 0.667. The zero-order valence-corrected chi connectivity index (χ0v) is 9.56. The number of nitrogens with one attached hydrogen (secondary N) is 1. The van der Waals surface area contributed by atoms with Crippen LogP contribution in [0.25, 0.3) is 0 Å². The van der Waals surface area contributed by atoms with Crippen LogP contribution >= 0.6 is 15.9 Å². The summed E-state index contributed by atoms with van der Waals surface area (Å²) in [4.78, 5) is 21.1. The molecule has 1 saturated heterocycles. The van der Waals surface area contributed by atoms with Crippen molar-refractivity contribution in [3.63, 3.8) is 0 Å². The topological polar surface area (TPSA) is 81.5 Å². The van der Waals surface area contributed by atoms with Crippen LogP contribution in [0.3, 0.4) is 0 Å². The van der Waals surface area contributed by atoms with Crippen LogP contribution in [0.15, 0.2) is 22.7 Å². The summed E-state index contributed by atoms with van der Waals surface area (Å²) in [6.45, 7) is 0.192. The molecule has 1 amide bonds. The molecule has 7 heteroatoms. The Morgan fingerprint density at radius 1 is 1.56 bits per heavy atom. The molecule has 0 spiro atoms. The lowest BCUT2D eigenvalue weighted by molar-refractivity contribution is -0.385. The molecule has 1 aromatic rings. The number of ether oxygens (including phenoxy) is 1. The van der Waals surface area contributed by atoms with E-state index in [1.165, 1.54) is 6.07 Å². The van der Waals surface area contributed by atoms with Gasteiger partial charge in [-0.05, 0) is 27.6 Å². The smallest absolute Gasteiger partial charge is 0.407 e. The lowest BCUT2D eigenvalue weighted by atomic mass is 10.1. The van der Waals surface area contributed by atoms with Crippen LogP contribution in [0.1, 0.15) is 11.6 Å². The number of nitro groups is 1. The van der Waals surface area contributed by atoms with Crippen LogP contribution in [-0.4, -0.2) is 17.6 Å². The molecule has 2 rings (SSSR count). The molecule has 1 aliphatic rings. The summed E-state index contributed by atoms with van der Waals surface area (Å²) < 4.78 is 5.13. The number of carbonyl (C=O) groups excluding carboxylic acids is 1. The third-order valence-corrected chi connectivity index (χ3v) is 2.91. The average Bonchev–Trinajstić information content (AvgIpc) is 2.65. The number of halogens is 1. The number of amides is 1. The maximum absolute atomic E-state index is 10.8. The van der Waals surface area contributed by atoms with Crippen molar-refractivity contribution in [2.45, 2.75) is 6.04 Å². The van der Waals surface area contributed by atoms with Crippen molar-refractivity contribution in [3.8, 4) is 0 Å². The summed E-state index contributed by atoms with van der Waals surface area (Å²) in [5, 5.41) is 13.3. The Hall–Kier alpha value is -1.63. The van der Waals surface area contributed by atoms with Crippen LogP contribution < -0.4 is 5.32 Å². The Labute approximate surface area is 98.9 Å². The van der Waals surface area contributed by atoms with E-state index in [1.807, 2.05) is 0 Å². The predicted octanol–water partition coefficient (Wildman–Crippen LogP) is 2.14. The number of cyclic esters (lactones) is 1. The lowest BCUT2D eigenvalue weighted by Gasteiger charge is -2.07. The maximum atomic E-state index is 10.8. The Kier molecular flexibility index (Phi) is 2.78. The van der Waals surface area contributed by atoms with Gasteiger partial charge in [-0.1, -0.05) is 6.07 Å². The van der Waals surface area contributed by atoms with E-state index in [-0.39, 0.29) is 18.3 Å². The van der Waals surface area contributed by atoms with Gasteiger partial charge in [0.25, 0.3) is 5.69 Å². The van der Waals surface area contributed by atoms with Gasteiger partial charge in [-0.15, -0.1) is 0 Å². The molecule has 1 fully saturated rings. The summed E-state index contributed by atoms with van der Waals surface area (Å²) in [5.41, 5.74) is 0.624. The van der Waals surface area contributed by atoms with Gasteiger partial charge in [-0.3, -0.25) is 10.1 Å². The van der Waals surface area contributed by atoms with Crippen molar-refractivity contribution in [2.75, 3.05) is 6.61 Å². The Balaban J connectivity index is 2.32. The van der Waals surface area contributed by atoms with E-state index in [0.717, 1.165) is 0 Å². The number of rotatable bonds is 2. The standard InChI is InChI=1S/C9H7BrN2O4/c10-6-2-1-5(3-8(6)12(14)15)7-4-16-9(13)11-7/h1-3,7H,4H2,(H,11,13). The van der Waals surface area contributed by atoms with E-state index in [0.29, 0.717) is 10.0 Å². The Bertz CT molecular complexity index is 463. The van der Waals surface area contributed by atoms with Crippen molar-refractivity contribution in [1.29, 1.82) is 0 Å². The van der Waals surface area contributed by atoms with E-state index < -0.39 is 11.0 Å².